The number of fused-ring (bicyclic) bond motifs is 2. The standard InChI is InChI=1S/C16H28N4O2/c1-13(21)19-10-7-18(8-11-19)9-12-20-14-3-2-5-16(20,6-4-14)15(17)22/h14H,2-12H2,1H3,(H2,17,22)/t14-,16+/m0/s1. The molecule has 3 aliphatic rings. The first-order valence-corrected chi connectivity index (χ1v) is 8.57. The second kappa shape index (κ2) is 6.16. The Hall–Kier alpha value is -1.14. The van der Waals surface area contributed by atoms with Crippen LogP contribution >= 0.6 is 0 Å². The number of hydrogen-bond acceptors (Lipinski definition) is 4. The van der Waals surface area contributed by atoms with Gasteiger partial charge in [0.1, 0.15) is 5.54 Å². The largest absolute Gasteiger partial charge is 0.368 e. The van der Waals surface area contributed by atoms with Gasteiger partial charge in [-0.1, -0.05) is 0 Å². The molecule has 2 bridgehead atoms. The third-order valence-electron chi connectivity index (χ3n) is 5.94. The van der Waals surface area contributed by atoms with E-state index in [1.807, 2.05) is 4.90 Å². The summed E-state index contributed by atoms with van der Waals surface area (Å²) in [7, 11) is 0. The van der Waals surface area contributed by atoms with Crippen molar-refractivity contribution in [3.8, 4) is 0 Å². The maximum Gasteiger partial charge on any atom is 0.237 e. The normalized spacial score (nSPS) is 33.1. The number of piperazine rings is 1. The Balaban J connectivity index is 1.55. The van der Waals surface area contributed by atoms with Crippen LogP contribution in [-0.2, 0) is 9.59 Å². The molecular formula is C16H28N4O2. The molecule has 22 heavy (non-hydrogen) atoms. The monoisotopic (exact) mass is 308 g/mol. The number of amides is 2. The van der Waals surface area contributed by atoms with Crippen molar-refractivity contribution in [1.82, 2.24) is 14.7 Å². The SMILES string of the molecule is CC(=O)N1CCN(CCN2[C@H]3CCC[C@]2(C(N)=O)CC3)CC1. The van der Waals surface area contributed by atoms with Crippen molar-refractivity contribution in [2.24, 2.45) is 5.73 Å². The predicted molar refractivity (Wildman–Crippen MR) is 84.2 cm³/mol. The van der Waals surface area contributed by atoms with Crippen molar-refractivity contribution in [3.63, 3.8) is 0 Å². The molecule has 6 heteroatoms. The summed E-state index contributed by atoms with van der Waals surface area (Å²) in [5.74, 6) is 0.0394. The first kappa shape index (κ1) is 15.7. The second-order valence-electron chi connectivity index (χ2n) is 7.02. The van der Waals surface area contributed by atoms with Crippen molar-refractivity contribution in [2.45, 2.75) is 50.6 Å². The van der Waals surface area contributed by atoms with Crippen molar-refractivity contribution in [3.05, 3.63) is 0 Å². The van der Waals surface area contributed by atoms with Crippen LogP contribution in [0.4, 0.5) is 0 Å². The van der Waals surface area contributed by atoms with Crippen LogP contribution in [0.1, 0.15) is 39.0 Å². The lowest BCUT2D eigenvalue weighted by Gasteiger charge is -2.44. The van der Waals surface area contributed by atoms with E-state index in [1.54, 1.807) is 6.92 Å². The number of piperidine rings is 1. The van der Waals surface area contributed by atoms with E-state index in [0.29, 0.717) is 6.04 Å². The first-order chi connectivity index (χ1) is 10.5. The summed E-state index contributed by atoms with van der Waals surface area (Å²) in [6, 6.07) is 0.541. The lowest BCUT2D eigenvalue weighted by atomic mass is 9.87. The van der Waals surface area contributed by atoms with Crippen LogP contribution in [0.3, 0.4) is 0 Å². The molecule has 3 aliphatic heterocycles. The molecule has 2 amide bonds. The van der Waals surface area contributed by atoms with E-state index in [-0.39, 0.29) is 17.4 Å². The molecule has 3 saturated heterocycles. The number of carbonyl (C=O) groups excluding carboxylic acids is 2. The van der Waals surface area contributed by atoms with Gasteiger partial charge < -0.3 is 10.6 Å². The van der Waals surface area contributed by atoms with Gasteiger partial charge in [-0.05, 0) is 32.1 Å². The van der Waals surface area contributed by atoms with E-state index in [4.69, 9.17) is 5.73 Å². The molecule has 124 valence electrons. The highest BCUT2D eigenvalue weighted by Gasteiger charge is 2.52. The summed E-state index contributed by atoms with van der Waals surface area (Å²) in [4.78, 5) is 30.1. The Bertz CT molecular complexity index is 443. The minimum atomic E-state index is -0.371. The van der Waals surface area contributed by atoms with Gasteiger partial charge in [0.15, 0.2) is 0 Å². The topological polar surface area (TPSA) is 69.9 Å². The highest BCUT2D eigenvalue weighted by Crippen LogP contribution is 2.43. The average Bonchev–Trinajstić information content (AvgIpc) is 2.71. The number of nitrogens with zero attached hydrogens (tertiary/aromatic N) is 3. The average molecular weight is 308 g/mol. The minimum Gasteiger partial charge on any atom is -0.368 e. The van der Waals surface area contributed by atoms with Gasteiger partial charge in [-0.3, -0.25) is 19.4 Å². The fraction of sp³-hybridized carbons (Fsp3) is 0.875. The van der Waals surface area contributed by atoms with E-state index in [1.165, 1.54) is 6.42 Å². The lowest BCUT2D eigenvalue weighted by Crippen LogP contribution is -2.60. The Kier molecular flexibility index (Phi) is 4.41. The van der Waals surface area contributed by atoms with Crippen LogP contribution in [0.15, 0.2) is 0 Å². The molecular weight excluding hydrogens is 280 g/mol. The quantitative estimate of drug-likeness (QED) is 0.795. The molecule has 0 saturated carbocycles. The van der Waals surface area contributed by atoms with Gasteiger partial charge in [0.05, 0.1) is 0 Å². The van der Waals surface area contributed by atoms with Crippen molar-refractivity contribution >= 4 is 11.8 Å². The molecule has 0 aliphatic carbocycles. The molecule has 0 spiro atoms. The maximum atomic E-state index is 12.0. The smallest absolute Gasteiger partial charge is 0.237 e. The summed E-state index contributed by atoms with van der Waals surface area (Å²) < 4.78 is 0. The van der Waals surface area contributed by atoms with Crippen LogP contribution in [0, 0.1) is 0 Å². The molecule has 3 rings (SSSR count). The summed E-state index contributed by atoms with van der Waals surface area (Å²) in [5.41, 5.74) is 5.38. The number of nitrogens with two attached hydrogens (primary N) is 1. The van der Waals surface area contributed by atoms with E-state index in [9.17, 15) is 9.59 Å². The number of carbonyl (C=O) groups is 2. The minimum absolute atomic E-state index is 0.129. The van der Waals surface area contributed by atoms with E-state index in [0.717, 1.165) is 65.0 Å². The van der Waals surface area contributed by atoms with Gasteiger partial charge in [-0.15, -0.1) is 0 Å². The zero-order chi connectivity index (χ0) is 15.7. The van der Waals surface area contributed by atoms with Crippen LogP contribution in [0.25, 0.3) is 0 Å². The van der Waals surface area contributed by atoms with Gasteiger partial charge in [0, 0.05) is 52.2 Å². The molecule has 0 aromatic carbocycles. The Labute approximate surface area is 132 Å². The van der Waals surface area contributed by atoms with Gasteiger partial charge in [0.2, 0.25) is 11.8 Å². The number of rotatable bonds is 4. The van der Waals surface area contributed by atoms with Crippen molar-refractivity contribution in [2.75, 3.05) is 39.3 Å². The molecule has 0 aromatic heterocycles. The van der Waals surface area contributed by atoms with Crippen LogP contribution in [-0.4, -0.2) is 77.4 Å². The molecule has 0 radical (unpaired) electrons. The van der Waals surface area contributed by atoms with Crippen LogP contribution in [0.2, 0.25) is 0 Å². The Morgan fingerprint density at radius 3 is 2.45 bits per heavy atom. The maximum absolute atomic E-state index is 12.0. The molecule has 2 N–H and O–H groups in total. The van der Waals surface area contributed by atoms with E-state index < -0.39 is 0 Å². The Morgan fingerprint density at radius 1 is 1.09 bits per heavy atom. The molecule has 3 fully saturated rings. The third-order valence-corrected chi connectivity index (χ3v) is 5.94. The fourth-order valence-corrected chi connectivity index (χ4v) is 4.57. The van der Waals surface area contributed by atoms with Crippen molar-refractivity contribution < 1.29 is 9.59 Å². The number of hydrogen-bond donors (Lipinski definition) is 1. The van der Waals surface area contributed by atoms with Gasteiger partial charge in [0.25, 0.3) is 0 Å². The third kappa shape index (κ3) is 2.74. The predicted octanol–water partition coefficient (Wildman–Crippen LogP) is 0.0229. The lowest BCUT2D eigenvalue weighted by molar-refractivity contribution is -0.133. The zero-order valence-corrected chi connectivity index (χ0v) is 13.6. The van der Waals surface area contributed by atoms with E-state index in [2.05, 4.69) is 9.80 Å². The van der Waals surface area contributed by atoms with Gasteiger partial charge >= 0.3 is 0 Å². The van der Waals surface area contributed by atoms with E-state index >= 15 is 0 Å². The molecule has 0 unspecified atom stereocenters. The highest BCUT2D eigenvalue weighted by molar-refractivity contribution is 5.85. The Morgan fingerprint density at radius 2 is 1.82 bits per heavy atom. The molecule has 0 aromatic rings. The summed E-state index contributed by atoms with van der Waals surface area (Å²) in [5, 5.41) is 0. The zero-order valence-electron chi connectivity index (χ0n) is 13.6. The highest BCUT2D eigenvalue weighted by atomic mass is 16.2. The van der Waals surface area contributed by atoms with Gasteiger partial charge in [-0.25, -0.2) is 0 Å². The molecule has 3 heterocycles. The van der Waals surface area contributed by atoms with Gasteiger partial charge in [-0.2, -0.15) is 0 Å². The van der Waals surface area contributed by atoms with Crippen LogP contribution in [0.5, 0.6) is 0 Å². The number of primary amides is 1. The van der Waals surface area contributed by atoms with Crippen molar-refractivity contribution in [1.29, 1.82) is 0 Å². The fourth-order valence-electron chi connectivity index (χ4n) is 4.57. The first-order valence-electron chi connectivity index (χ1n) is 8.57. The summed E-state index contributed by atoms with van der Waals surface area (Å²) in [6.45, 7) is 7.03. The summed E-state index contributed by atoms with van der Waals surface area (Å²) in [6.07, 6.45) is 5.30. The molecule has 6 nitrogen and oxygen atoms in total. The summed E-state index contributed by atoms with van der Waals surface area (Å²) >= 11 is 0. The van der Waals surface area contributed by atoms with Crippen LogP contribution < -0.4 is 5.73 Å². The second-order valence-corrected chi connectivity index (χ2v) is 7.02. The molecule has 2 atom stereocenters.